The molecular weight excluding hydrogens is 380 g/mol. The minimum Gasteiger partial charge on any atom is -0.487 e. The number of hydrogen-bond donors (Lipinski definition) is 2. The van der Waals surface area contributed by atoms with Crippen LogP contribution in [0.5, 0.6) is 5.75 Å². The summed E-state index contributed by atoms with van der Waals surface area (Å²) in [5, 5.41) is 6.19. The number of anilines is 1. The summed E-state index contributed by atoms with van der Waals surface area (Å²) in [6.07, 6.45) is 1.59. The first kappa shape index (κ1) is 21.7. The standard InChI is InChI=1S/C21H24N2O4.ClH/c1-26-21(25)17-7-8-19(27-14-15-5-3-2-4-6-15)18(13-17)23-20(24)16-9-11-22-12-10-16;/h2-8,13,16,22H,9-12,14H2,1H3,(H,23,24);1H. The number of nitrogens with one attached hydrogen (secondary N) is 2. The van der Waals surface area contributed by atoms with Crippen LogP contribution in [0.4, 0.5) is 5.69 Å². The molecule has 0 aromatic heterocycles. The minimum atomic E-state index is -0.457. The van der Waals surface area contributed by atoms with Gasteiger partial charge < -0.3 is 20.1 Å². The van der Waals surface area contributed by atoms with E-state index in [1.54, 1.807) is 18.2 Å². The van der Waals surface area contributed by atoms with E-state index in [9.17, 15) is 9.59 Å². The highest BCUT2D eigenvalue weighted by atomic mass is 35.5. The Morgan fingerprint density at radius 3 is 2.50 bits per heavy atom. The van der Waals surface area contributed by atoms with Crippen LogP contribution < -0.4 is 15.4 Å². The number of benzene rings is 2. The van der Waals surface area contributed by atoms with Crippen molar-refractivity contribution in [2.45, 2.75) is 19.4 Å². The number of amides is 1. The number of carbonyl (C=O) groups is 2. The molecule has 1 heterocycles. The molecule has 150 valence electrons. The molecule has 0 unspecified atom stereocenters. The van der Waals surface area contributed by atoms with Gasteiger partial charge in [-0.15, -0.1) is 12.4 Å². The maximum absolute atomic E-state index is 12.6. The Morgan fingerprint density at radius 1 is 1.11 bits per heavy atom. The Kier molecular flexibility index (Phi) is 8.29. The second kappa shape index (κ2) is 10.7. The Morgan fingerprint density at radius 2 is 1.82 bits per heavy atom. The maximum Gasteiger partial charge on any atom is 0.337 e. The summed E-state index contributed by atoms with van der Waals surface area (Å²) < 4.78 is 10.7. The molecule has 1 amide bonds. The summed E-state index contributed by atoms with van der Waals surface area (Å²) in [6, 6.07) is 14.7. The fourth-order valence-corrected chi connectivity index (χ4v) is 3.05. The van der Waals surface area contributed by atoms with Gasteiger partial charge in [0.1, 0.15) is 12.4 Å². The van der Waals surface area contributed by atoms with E-state index in [1.807, 2.05) is 30.3 Å². The first-order chi connectivity index (χ1) is 13.2. The van der Waals surface area contributed by atoms with Gasteiger partial charge in [-0.25, -0.2) is 4.79 Å². The van der Waals surface area contributed by atoms with Crippen molar-refractivity contribution in [3.63, 3.8) is 0 Å². The van der Waals surface area contributed by atoms with Crippen LogP contribution in [0, 0.1) is 5.92 Å². The van der Waals surface area contributed by atoms with Crippen molar-refractivity contribution in [3.8, 4) is 5.75 Å². The van der Waals surface area contributed by atoms with Crippen LogP contribution in [-0.4, -0.2) is 32.1 Å². The quantitative estimate of drug-likeness (QED) is 0.721. The molecule has 2 N–H and O–H groups in total. The van der Waals surface area contributed by atoms with Crippen molar-refractivity contribution < 1.29 is 19.1 Å². The number of methoxy groups -OCH3 is 1. The van der Waals surface area contributed by atoms with E-state index in [4.69, 9.17) is 9.47 Å². The average Bonchev–Trinajstić information content (AvgIpc) is 2.73. The fourth-order valence-electron chi connectivity index (χ4n) is 3.05. The lowest BCUT2D eigenvalue weighted by Crippen LogP contribution is -2.34. The number of rotatable bonds is 6. The van der Waals surface area contributed by atoms with E-state index in [2.05, 4.69) is 10.6 Å². The summed E-state index contributed by atoms with van der Waals surface area (Å²) in [5.74, 6) is -0.0335. The summed E-state index contributed by atoms with van der Waals surface area (Å²) in [6.45, 7) is 2.03. The normalized spacial score (nSPS) is 13.9. The first-order valence-corrected chi connectivity index (χ1v) is 9.08. The Labute approximate surface area is 171 Å². The van der Waals surface area contributed by atoms with Gasteiger partial charge >= 0.3 is 5.97 Å². The predicted octanol–water partition coefficient (Wildman–Crippen LogP) is 3.41. The lowest BCUT2D eigenvalue weighted by atomic mass is 9.97. The molecule has 3 rings (SSSR count). The fraction of sp³-hybridized carbons (Fsp3) is 0.333. The van der Waals surface area contributed by atoms with Gasteiger partial charge in [-0.3, -0.25) is 4.79 Å². The van der Waals surface area contributed by atoms with E-state index in [0.717, 1.165) is 31.5 Å². The monoisotopic (exact) mass is 404 g/mol. The van der Waals surface area contributed by atoms with Crippen molar-refractivity contribution in [3.05, 3.63) is 59.7 Å². The predicted molar refractivity (Wildman–Crippen MR) is 110 cm³/mol. The highest BCUT2D eigenvalue weighted by Gasteiger charge is 2.22. The molecule has 1 fully saturated rings. The molecule has 2 aromatic rings. The molecular formula is C21H25ClN2O4. The second-order valence-corrected chi connectivity index (χ2v) is 6.49. The molecule has 0 radical (unpaired) electrons. The third-order valence-corrected chi connectivity index (χ3v) is 4.61. The maximum atomic E-state index is 12.6. The number of esters is 1. The zero-order valence-electron chi connectivity index (χ0n) is 15.8. The van der Waals surface area contributed by atoms with Crippen LogP contribution in [0.25, 0.3) is 0 Å². The van der Waals surface area contributed by atoms with Gasteiger partial charge in [0.25, 0.3) is 0 Å². The molecule has 0 atom stereocenters. The van der Waals surface area contributed by atoms with Crippen LogP contribution >= 0.6 is 12.4 Å². The van der Waals surface area contributed by atoms with Gasteiger partial charge in [-0.05, 0) is 49.7 Å². The molecule has 0 aliphatic carbocycles. The smallest absolute Gasteiger partial charge is 0.337 e. The van der Waals surface area contributed by atoms with Crippen molar-refractivity contribution in [2.24, 2.45) is 5.92 Å². The van der Waals surface area contributed by atoms with E-state index in [0.29, 0.717) is 23.6 Å². The summed E-state index contributed by atoms with van der Waals surface area (Å²) in [4.78, 5) is 24.5. The molecule has 1 aliphatic heterocycles. The van der Waals surface area contributed by atoms with E-state index >= 15 is 0 Å². The van der Waals surface area contributed by atoms with Gasteiger partial charge in [0, 0.05) is 5.92 Å². The summed E-state index contributed by atoms with van der Waals surface area (Å²) in [5.41, 5.74) is 1.87. The summed E-state index contributed by atoms with van der Waals surface area (Å²) >= 11 is 0. The van der Waals surface area contributed by atoms with Gasteiger partial charge in [-0.1, -0.05) is 30.3 Å². The van der Waals surface area contributed by atoms with Crippen LogP contribution in [0.1, 0.15) is 28.8 Å². The first-order valence-electron chi connectivity index (χ1n) is 9.08. The largest absolute Gasteiger partial charge is 0.487 e. The van der Waals surface area contributed by atoms with Crippen molar-refractivity contribution in [2.75, 3.05) is 25.5 Å². The van der Waals surface area contributed by atoms with E-state index in [1.165, 1.54) is 7.11 Å². The van der Waals surface area contributed by atoms with E-state index in [-0.39, 0.29) is 24.2 Å². The molecule has 1 aliphatic rings. The van der Waals surface area contributed by atoms with Gasteiger partial charge in [0.15, 0.2) is 0 Å². The minimum absolute atomic E-state index is 0. The van der Waals surface area contributed by atoms with Crippen molar-refractivity contribution in [1.29, 1.82) is 0 Å². The molecule has 1 saturated heterocycles. The van der Waals surface area contributed by atoms with Gasteiger partial charge in [0.2, 0.25) is 5.91 Å². The summed E-state index contributed by atoms with van der Waals surface area (Å²) in [7, 11) is 1.33. The number of carbonyl (C=O) groups excluding carboxylic acids is 2. The number of ether oxygens (including phenoxy) is 2. The van der Waals surface area contributed by atoms with Crippen LogP contribution in [0.15, 0.2) is 48.5 Å². The Balaban J connectivity index is 0.00000280. The average molecular weight is 405 g/mol. The third-order valence-electron chi connectivity index (χ3n) is 4.61. The molecule has 2 aromatic carbocycles. The molecule has 28 heavy (non-hydrogen) atoms. The molecule has 0 saturated carbocycles. The number of hydrogen-bond acceptors (Lipinski definition) is 5. The van der Waals surface area contributed by atoms with Crippen LogP contribution in [-0.2, 0) is 16.1 Å². The van der Waals surface area contributed by atoms with E-state index < -0.39 is 5.97 Å². The lowest BCUT2D eigenvalue weighted by molar-refractivity contribution is -0.120. The lowest BCUT2D eigenvalue weighted by Gasteiger charge is -2.22. The van der Waals surface area contributed by atoms with Crippen LogP contribution in [0.2, 0.25) is 0 Å². The van der Waals surface area contributed by atoms with Crippen molar-refractivity contribution >= 4 is 30.0 Å². The second-order valence-electron chi connectivity index (χ2n) is 6.49. The number of piperidine rings is 1. The third kappa shape index (κ3) is 5.71. The van der Waals surface area contributed by atoms with Crippen LogP contribution in [0.3, 0.4) is 0 Å². The SMILES string of the molecule is COC(=O)c1ccc(OCc2ccccc2)c(NC(=O)C2CCNCC2)c1.Cl. The zero-order chi connectivity index (χ0) is 19.1. The van der Waals surface area contributed by atoms with Crippen molar-refractivity contribution in [1.82, 2.24) is 5.32 Å². The number of halogens is 1. The zero-order valence-corrected chi connectivity index (χ0v) is 16.6. The highest BCUT2D eigenvalue weighted by molar-refractivity contribution is 5.97. The molecule has 0 bridgehead atoms. The topological polar surface area (TPSA) is 76.7 Å². The molecule has 0 spiro atoms. The Bertz CT molecular complexity index is 792. The highest BCUT2D eigenvalue weighted by Crippen LogP contribution is 2.28. The Hall–Kier alpha value is -2.57. The molecule has 6 nitrogen and oxygen atoms in total. The van der Waals surface area contributed by atoms with Gasteiger partial charge in [0.05, 0.1) is 18.4 Å². The molecule has 7 heteroatoms. The van der Waals surface area contributed by atoms with Gasteiger partial charge in [-0.2, -0.15) is 0 Å².